The molecule has 0 atom stereocenters. The summed E-state index contributed by atoms with van der Waals surface area (Å²) < 4.78 is 24.7. The average molecular weight is 409 g/mol. The molecule has 8 heteroatoms. The second kappa shape index (κ2) is 9.94. The van der Waals surface area contributed by atoms with Crippen molar-refractivity contribution in [3.8, 4) is 11.5 Å². The van der Waals surface area contributed by atoms with E-state index in [0.29, 0.717) is 24.0 Å². The normalized spacial score (nSPS) is 10.5. The summed E-state index contributed by atoms with van der Waals surface area (Å²) in [5, 5.41) is -0.0590. The molecule has 0 fully saturated rings. The van der Waals surface area contributed by atoms with E-state index in [4.69, 9.17) is 21.1 Å². The summed E-state index contributed by atoms with van der Waals surface area (Å²) in [6, 6.07) is 8.50. The number of methoxy groups -OCH3 is 1. The van der Waals surface area contributed by atoms with Crippen molar-refractivity contribution >= 4 is 23.4 Å². The Kier molecular flexibility index (Phi) is 7.63. The van der Waals surface area contributed by atoms with E-state index < -0.39 is 17.6 Å². The molecule has 0 radical (unpaired) electrons. The first-order valence-corrected chi connectivity index (χ1v) is 9.06. The zero-order chi connectivity index (χ0) is 20.7. The molecule has 28 heavy (non-hydrogen) atoms. The molecule has 2 amide bonds. The SMILES string of the molecule is COc1cc(C(=O)NNC(=O)c2c(F)cccc2Cl)ccc1OCCC(C)C. The minimum absolute atomic E-state index is 0.0590. The molecule has 0 aliphatic rings. The van der Waals surface area contributed by atoms with Crippen LogP contribution in [-0.4, -0.2) is 25.5 Å². The molecule has 6 nitrogen and oxygen atoms in total. The van der Waals surface area contributed by atoms with E-state index in [2.05, 4.69) is 24.7 Å². The third-order valence-corrected chi connectivity index (χ3v) is 4.17. The molecule has 2 aromatic rings. The van der Waals surface area contributed by atoms with E-state index >= 15 is 0 Å². The molecular weight excluding hydrogens is 387 g/mol. The Morgan fingerprint density at radius 3 is 2.46 bits per heavy atom. The van der Waals surface area contributed by atoms with Crippen LogP contribution in [0.5, 0.6) is 11.5 Å². The van der Waals surface area contributed by atoms with Crippen LogP contribution in [0.25, 0.3) is 0 Å². The van der Waals surface area contributed by atoms with E-state index in [0.717, 1.165) is 12.5 Å². The van der Waals surface area contributed by atoms with Gasteiger partial charge in [0.2, 0.25) is 0 Å². The van der Waals surface area contributed by atoms with Crippen LogP contribution < -0.4 is 20.3 Å². The summed E-state index contributed by atoms with van der Waals surface area (Å²) in [6.07, 6.45) is 0.885. The Bertz CT molecular complexity index is 838. The number of carbonyl (C=O) groups is 2. The topological polar surface area (TPSA) is 76.7 Å². The average Bonchev–Trinajstić information content (AvgIpc) is 2.65. The van der Waals surface area contributed by atoms with Crippen LogP contribution in [0.15, 0.2) is 36.4 Å². The fraction of sp³-hybridized carbons (Fsp3) is 0.300. The van der Waals surface area contributed by atoms with E-state index in [9.17, 15) is 14.0 Å². The van der Waals surface area contributed by atoms with Gasteiger partial charge in [0.1, 0.15) is 5.82 Å². The molecule has 0 spiro atoms. The maximum Gasteiger partial charge on any atom is 0.274 e. The van der Waals surface area contributed by atoms with Gasteiger partial charge in [-0.1, -0.05) is 31.5 Å². The number of nitrogens with one attached hydrogen (secondary N) is 2. The first kappa shape index (κ1) is 21.5. The minimum Gasteiger partial charge on any atom is -0.493 e. The lowest BCUT2D eigenvalue weighted by atomic mass is 10.1. The molecule has 2 aromatic carbocycles. The van der Waals surface area contributed by atoms with Crippen LogP contribution in [0.4, 0.5) is 4.39 Å². The molecule has 0 bridgehead atoms. The number of rotatable bonds is 7. The zero-order valence-corrected chi connectivity index (χ0v) is 16.6. The van der Waals surface area contributed by atoms with E-state index in [1.807, 2.05) is 0 Å². The third kappa shape index (κ3) is 5.60. The van der Waals surface area contributed by atoms with Crippen molar-refractivity contribution in [3.63, 3.8) is 0 Å². The van der Waals surface area contributed by atoms with Gasteiger partial charge >= 0.3 is 0 Å². The quantitative estimate of drug-likeness (QED) is 0.679. The van der Waals surface area contributed by atoms with Crippen LogP contribution in [0.1, 0.15) is 41.0 Å². The fourth-order valence-electron chi connectivity index (χ4n) is 2.30. The Labute approximate surface area is 167 Å². The molecule has 0 aliphatic heterocycles. The molecule has 2 rings (SSSR count). The summed E-state index contributed by atoms with van der Waals surface area (Å²) in [5.74, 6) is -0.849. The molecule has 0 saturated carbocycles. The van der Waals surface area contributed by atoms with Gasteiger partial charge in [-0.15, -0.1) is 0 Å². The maximum absolute atomic E-state index is 13.8. The Balaban J connectivity index is 2.03. The lowest BCUT2D eigenvalue weighted by Gasteiger charge is -2.13. The van der Waals surface area contributed by atoms with E-state index in [1.54, 1.807) is 6.07 Å². The van der Waals surface area contributed by atoms with Crippen LogP contribution in [0.2, 0.25) is 5.02 Å². The van der Waals surface area contributed by atoms with Crippen LogP contribution >= 0.6 is 11.6 Å². The molecule has 0 aliphatic carbocycles. The largest absolute Gasteiger partial charge is 0.493 e. The Hall–Kier alpha value is -2.80. The zero-order valence-electron chi connectivity index (χ0n) is 15.8. The molecule has 0 unspecified atom stereocenters. The molecule has 0 aromatic heterocycles. The minimum atomic E-state index is -0.864. The Morgan fingerprint density at radius 1 is 1.11 bits per heavy atom. The lowest BCUT2D eigenvalue weighted by Crippen LogP contribution is -2.42. The summed E-state index contributed by atoms with van der Waals surface area (Å²) in [4.78, 5) is 24.4. The van der Waals surface area contributed by atoms with Crippen molar-refractivity contribution in [2.24, 2.45) is 5.92 Å². The van der Waals surface area contributed by atoms with Gasteiger partial charge in [-0.3, -0.25) is 20.4 Å². The van der Waals surface area contributed by atoms with Gasteiger partial charge in [0.05, 0.1) is 24.3 Å². The summed E-state index contributed by atoms with van der Waals surface area (Å²) in [7, 11) is 1.47. The smallest absolute Gasteiger partial charge is 0.274 e. The Morgan fingerprint density at radius 2 is 1.82 bits per heavy atom. The summed E-state index contributed by atoms with van der Waals surface area (Å²) >= 11 is 5.83. The van der Waals surface area contributed by atoms with E-state index in [-0.39, 0.29) is 16.1 Å². The molecule has 0 heterocycles. The number of benzene rings is 2. The van der Waals surface area contributed by atoms with Gasteiger partial charge in [-0.2, -0.15) is 0 Å². The predicted molar refractivity (Wildman–Crippen MR) is 104 cm³/mol. The highest BCUT2D eigenvalue weighted by atomic mass is 35.5. The molecule has 2 N–H and O–H groups in total. The fourth-order valence-corrected chi connectivity index (χ4v) is 2.54. The third-order valence-electron chi connectivity index (χ3n) is 3.86. The standard InChI is InChI=1S/C20H22ClFN2O4/c1-12(2)9-10-28-16-8-7-13(11-17(16)27-3)19(25)23-24-20(26)18-14(21)5-4-6-15(18)22/h4-8,11-12H,9-10H2,1-3H3,(H,23,25)(H,24,26). The lowest BCUT2D eigenvalue weighted by molar-refractivity contribution is 0.0844. The van der Waals surface area contributed by atoms with Crippen molar-refractivity contribution in [2.75, 3.05) is 13.7 Å². The summed E-state index contributed by atoms with van der Waals surface area (Å²) in [6.45, 7) is 4.71. The number of hydrogen-bond acceptors (Lipinski definition) is 4. The monoisotopic (exact) mass is 408 g/mol. The van der Waals surface area contributed by atoms with Gasteiger partial charge in [0.25, 0.3) is 11.8 Å². The highest BCUT2D eigenvalue weighted by Gasteiger charge is 2.17. The first-order chi connectivity index (χ1) is 13.3. The highest BCUT2D eigenvalue weighted by molar-refractivity contribution is 6.33. The maximum atomic E-state index is 13.8. The predicted octanol–water partition coefficient (Wildman–Crippen LogP) is 3.99. The van der Waals surface area contributed by atoms with Gasteiger partial charge in [-0.05, 0) is 42.7 Å². The van der Waals surface area contributed by atoms with Crippen LogP contribution in [-0.2, 0) is 0 Å². The second-order valence-electron chi connectivity index (χ2n) is 6.40. The van der Waals surface area contributed by atoms with Crippen molar-refractivity contribution in [1.29, 1.82) is 0 Å². The number of ether oxygens (including phenoxy) is 2. The van der Waals surface area contributed by atoms with Gasteiger partial charge in [-0.25, -0.2) is 4.39 Å². The second-order valence-corrected chi connectivity index (χ2v) is 6.81. The molecule has 0 saturated heterocycles. The molecular formula is C20H22ClFN2O4. The van der Waals surface area contributed by atoms with Gasteiger partial charge in [0.15, 0.2) is 11.5 Å². The van der Waals surface area contributed by atoms with Crippen molar-refractivity contribution in [2.45, 2.75) is 20.3 Å². The van der Waals surface area contributed by atoms with Crippen LogP contribution in [0, 0.1) is 11.7 Å². The number of hydrazine groups is 1. The number of amides is 2. The highest BCUT2D eigenvalue weighted by Crippen LogP contribution is 2.28. The van der Waals surface area contributed by atoms with Crippen molar-refractivity contribution in [1.82, 2.24) is 10.9 Å². The number of hydrogen-bond donors (Lipinski definition) is 2. The van der Waals surface area contributed by atoms with Crippen molar-refractivity contribution < 1.29 is 23.5 Å². The number of halogens is 2. The van der Waals surface area contributed by atoms with Crippen molar-refractivity contribution in [3.05, 3.63) is 58.4 Å². The van der Waals surface area contributed by atoms with Crippen LogP contribution in [0.3, 0.4) is 0 Å². The van der Waals surface area contributed by atoms with Gasteiger partial charge < -0.3 is 9.47 Å². The van der Waals surface area contributed by atoms with E-state index in [1.165, 1.54) is 31.4 Å². The van der Waals surface area contributed by atoms with Gasteiger partial charge in [0, 0.05) is 5.56 Å². The molecule has 150 valence electrons. The summed E-state index contributed by atoms with van der Waals surface area (Å²) in [5.41, 5.74) is 4.24. The number of carbonyl (C=O) groups excluding carboxylic acids is 2. The first-order valence-electron chi connectivity index (χ1n) is 8.69.